The Labute approximate surface area is 184 Å². The van der Waals surface area contributed by atoms with E-state index in [1.165, 1.54) is 46.8 Å². The Morgan fingerprint density at radius 2 is 1.73 bits per heavy atom. The standard InChI is InChI=1S/C24H34N4OS/c1-2-3-4-5-10-17-29-19-13-14-23-21(18-19)28(16-9-8-15-27-24(25)26)20-11-6-7-12-22(20)30-23/h6-7,11-14,18H,2-5,8-10,15-17H2,1H3,(H4,25,26,27). The molecule has 0 radical (unpaired) electrons. The van der Waals surface area contributed by atoms with Crippen LogP contribution in [0.25, 0.3) is 0 Å². The number of ether oxygens (including phenoxy) is 1. The molecule has 0 saturated carbocycles. The van der Waals surface area contributed by atoms with E-state index in [0.717, 1.165) is 38.2 Å². The number of fused-ring (bicyclic) bond motifs is 2. The van der Waals surface area contributed by atoms with Crippen LogP contribution < -0.4 is 21.1 Å². The van der Waals surface area contributed by atoms with Gasteiger partial charge < -0.3 is 21.1 Å². The number of benzene rings is 2. The summed E-state index contributed by atoms with van der Waals surface area (Å²) in [6, 6.07) is 15.1. The van der Waals surface area contributed by atoms with Gasteiger partial charge in [0.1, 0.15) is 5.75 Å². The molecule has 30 heavy (non-hydrogen) atoms. The molecule has 0 aliphatic carbocycles. The van der Waals surface area contributed by atoms with E-state index in [0.29, 0.717) is 6.54 Å². The van der Waals surface area contributed by atoms with Gasteiger partial charge in [0.25, 0.3) is 0 Å². The third-order valence-electron chi connectivity index (χ3n) is 5.20. The molecule has 0 atom stereocenters. The highest BCUT2D eigenvalue weighted by Crippen LogP contribution is 2.49. The number of anilines is 2. The van der Waals surface area contributed by atoms with Crippen molar-refractivity contribution in [2.45, 2.75) is 61.7 Å². The molecule has 2 aromatic rings. The van der Waals surface area contributed by atoms with Crippen molar-refractivity contribution in [2.24, 2.45) is 16.5 Å². The molecule has 5 nitrogen and oxygen atoms in total. The van der Waals surface area contributed by atoms with Gasteiger partial charge in [-0.2, -0.15) is 0 Å². The van der Waals surface area contributed by atoms with Gasteiger partial charge in [-0.15, -0.1) is 0 Å². The summed E-state index contributed by atoms with van der Waals surface area (Å²) < 4.78 is 6.08. The zero-order valence-electron chi connectivity index (χ0n) is 18.0. The molecule has 3 rings (SSSR count). The third-order valence-corrected chi connectivity index (χ3v) is 6.33. The van der Waals surface area contributed by atoms with Gasteiger partial charge >= 0.3 is 0 Å². The Bertz CT molecular complexity index is 836. The number of hydrogen-bond acceptors (Lipinski definition) is 4. The predicted molar refractivity (Wildman–Crippen MR) is 128 cm³/mol. The summed E-state index contributed by atoms with van der Waals surface area (Å²) in [5.74, 6) is 1.12. The smallest absolute Gasteiger partial charge is 0.185 e. The fourth-order valence-corrected chi connectivity index (χ4v) is 4.70. The fraction of sp³-hybridized carbons (Fsp3) is 0.458. The van der Waals surface area contributed by atoms with Crippen LogP contribution in [0.5, 0.6) is 5.75 Å². The fourth-order valence-electron chi connectivity index (χ4n) is 3.63. The van der Waals surface area contributed by atoms with Crippen LogP contribution in [-0.4, -0.2) is 25.7 Å². The number of hydrogen-bond donors (Lipinski definition) is 2. The molecule has 0 saturated heterocycles. The van der Waals surface area contributed by atoms with Crippen molar-refractivity contribution in [3.63, 3.8) is 0 Å². The van der Waals surface area contributed by atoms with Crippen LogP contribution >= 0.6 is 11.8 Å². The maximum Gasteiger partial charge on any atom is 0.185 e. The summed E-state index contributed by atoms with van der Waals surface area (Å²) >= 11 is 1.83. The van der Waals surface area contributed by atoms with E-state index < -0.39 is 0 Å². The second-order valence-electron chi connectivity index (χ2n) is 7.63. The highest BCUT2D eigenvalue weighted by Gasteiger charge is 2.23. The maximum absolute atomic E-state index is 6.08. The van der Waals surface area contributed by atoms with E-state index in [1.54, 1.807) is 0 Å². The van der Waals surface area contributed by atoms with Crippen LogP contribution in [0.15, 0.2) is 57.2 Å². The van der Waals surface area contributed by atoms with Crippen LogP contribution in [0.2, 0.25) is 0 Å². The van der Waals surface area contributed by atoms with Crippen LogP contribution in [0.1, 0.15) is 51.9 Å². The van der Waals surface area contributed by atoms with Gasteiger partial charge in [0.2, 0.25) is 0 Å². The second kappa shape index (κ2) is 11.7. The lowest BCUT2D eigenvalue weighted by Gasteiger charge is -2.33. The van der Waals surface area contributed by atoms with E-state index in [4.69, 9.17) is 16.2 Å². The highest BCUT2D eigenvalue weighted by atomic mass is 32.2. The Morgan fingerprint density at radius 1 is 0.933 bits per heavy atom. The Morgan fingerprint density at radius 3 is 2.57 bits per heavy atom. The van der Waals surface area contributed by atoms with E-state index in [9.17, 15) is 0 Å². The lowest BCUT2D eigenvalue weighted by Crippen LogP contribution is -2.24. The number of unbranched alkanes of at least 4 members (excludes halogenated alkanes) is 5. The molecule has 0 unspecified atom stereocenters. The van der Waals surface area contributed by atoms with Crippen molar-refractivity contribution < 1.29 is 4.74 Å². The molecule has 0 bridgehead atoms. The van der Waals surface area contributed by atoms with Crippen molar-refractivity contribution in [3.8, 4) is 5.75 Å². The lowest BCUT2D eigenvalue weighted by molar-refractivity contribution is 0.304. The molecule has 0 spiro atoms. The minimum absolute atomic E-state index is 0.163. The van der Waals surface area contributed by atoms with Gasteiger partial charge in [-0.05, 0) is 43.5 Å². The van der Waals surface area contributed by atoms with Crippen molar-refractivity contribution in [1.29, 1.82) is 0 Å². The average Bonchev–Trinajstić information content (AvgIpc) is 2.75. The molecule has 1 aliphatic heterocycles. The molecule has 4 N–H and O–H groups in total. The molecule has 0 aromatic heterocycles. The van der Waals surface area contributed by atoms with E-state index in [2.05, 4.69) is 59.3 Å². The summed E-state index contributed by atoms with van der Waals surface area (Å²) in [5.41, 5.74) is 13.4. The monoisotopic (exact) mass is 426 g/mol. The quantitative estimate of drug-likeness (QED) is 0.259. The Kier molecular flexibility index (Phi) is 8.75. The minimum Gasteiger partial charge on any atom is -0.494 e. The zero-order valence-corrected chi connectivity index (χ0v) is 18.8. The summed E-state index contributed by atoms with van der Waals surface area (Å²) in [6.45, 7) is 4.61. The molecule has 0 amide bonds. The van der Waals surface area contributed by atoms with E-state index in [1.807, 2.05) is 11.8 Å². The van der Waals surface area contributed by atoms with Crippen LogP contribution in [0, 0.1) is 0 Å². The highest BCUT2D eigenvalue weighted by molar-refractivity contribution is 7.99. The van der Waals surface area contributed by atoms with Crippen LogP contribution in [-0.2, 0) is 0 Å². The molecule has 2 aromatic carbocycles. The first-order valence-electron chi connectivity index (χ1n) is 11.1. The summed E-state index contributed by atoms with van der Waals surface area (Å²) in [5, 5.41) is 0. The summed E-state index contributed by atoms with van der Waals surface area (Å²) in [6.07, 6.45) is 8.20. The molecule has 162 valence electrons. The van der Waals surface area contributed by atoms with Gasteiger partial charge in [-0.25, -0.2) is 0 Å². The Hall–Kier alpha value is -2.34. The first-order chi connectivity index (χ1) is 14.7. The number of rotatable bonds is 12. The SMILES string of the molecule is CCCCCCCOc1ccc2c(c1)N(CCCCN=C(N)N)c1ccccc1S2. The molecule has 0 fully saturated rings. The van der Waals surface area contributed by atoms with Crippen LogP contribution in [0.3, 0.4) is 0 Å². The molecular weight excluding hydrogens is 392 g/mol. The molecular formula is C24H34N4OS. The first-order valence-corrected chi connectivity index (χ1v) is 11.9. The molecule has 1 aliphatic rings. The second-order valence-corrected chi connectivity index (χ2v) is 8.71. The minimum atomic E-state index is 0.163. The van der Waals surface area contributed by atoms with Crippen molar-refractivity contribution >= 4 is 29.1 Å². The topological polar surface area (TPSA) is 76.9 Å². The zero-order chi connectivity index (χ0) is 21.2. The summed E-state index contributed by atoms with van der Waals surface area (Å²) in [7, 11) is 0. The number of aliphatic imine (C=N–C) groups is 1. The summed E-state index contributed by atoms with van der Waals surface area (Å²) in [4.78, 5) is 9.07. The van der Waals surface area contributed by atoms with Crippen molar-refractivity contribution in [3.05, 3.63) is 42.5 Å². The normalized spacial score (nSPS) is 12.2. The average molecular weight is 427 g/mol. The number of nitrogens with zero attached hydrogens (tertiary/aromatic N) is 2. The van der Waals surface area contributed by atoms with Crippen LogP contribution in [0.4, 0.5) is 11.4 Å². The third kappa shape index (κ3) is 6.33. The lowest BCUT2D eigenvalue weighted by atomic mass is 10.1. The predicted octanol–water partition coefficient (Wildman–Crippen LogP) is 5.69. The Balaban J connectivity index is 1.67. The first kappa shape index (κ1) is 22.3. The number of nitrogens with two attached hydrogens (primary N) is 2. The van der Waals surface area contributed by atoms with Gasteiger partial charge in [0.15, 0.2) is 5.96 Å². The molecule has 6 heteroatoms. The van der Waals surface area contributed by atoms with E-state index >= 15 is 0 Å². The largest absolute Gasteiger partial charge is 0.494 e. The van der Waals surface area contributed by atoms with Crippen molar-refractivity contribution in [2.75, 3.05) is 24.6 Å². The van der Waals surface area contributed by atoms with Gasteiger partial charge in [-0.3, -0.25) is 4.99 Å². The van der Waals surface area contributed by atoms with Crippen molar-refractivity contribution in [1.82, 2.24) is 0 Å². The van der Waals surface area contributed by atoms with E-state index in [-0.39, 0.29) is 5.96 Å². The number of guanidine groups is 1. The van der Waals surface area contributed by atoms with Gasteiger partial charge in [0, 0.05) is 28.9 Å². The number of para-hydroxylation sites is 1. The maximum atomic E-state index is 6.08. The molecule has 1 heterocycles. The van der Waals surface area contributed by atoms with Gasteiger partial charge in [0.05, 0.1) is 18.0 Å². The van der Waals surface area contributed by atoms with Gasteiger partial charge in [-0.1, -0.05) is 56.5 Å².